The Morgan fingerprint density at radius 1 is 1.14 bits per heavy atom. The topological polar surface area (TPSA) is 77.2 Å². The average Bonchev–Trinajstić information content (AvgIpc) is 3.10. The molecular weight excluding hydrogens is 398 g/mol. The number of halogens is 1. The molecular formula is C20H20ClN3O3S. The predicted octanol–water partition coefficient (Wildman–Crippen LogP) is 4.96. The molecule has 146 valence electrons. The second-order valence-electron chi connectivity index (χ2n) is 6.27. The standard InChI is InChI=1S/C20H20ClN3O3S/c1-12-7-8-15(21)9-16(12)22-17(25)11-28-20-24-23-18(27-20)10-26-19-13(2)5-4-6-14(19)3/h4-9H,10-11H2,1-3H3,(H,22,25). The van der Waals surface area contributed by atoms with Crippen LogP contribution in [0.3, 0.4) is 0 Å². The average molecular weight is 418 g/mol. The molecule has 0 saturated heterocycles. The van der Waals surface area contributed by atoms with E-state index < -0.39 is 0 Å². The lowest BCUT2D eigenvalue weighted by atomic mass is 10.1. The van der Waals surface area contributed by atoms with Gasteiger partial charge in [0.2, 0.25) is 5.91 Å². The van der Waals surface area contributed by atoms with E-state index in [9.17, 15) is 4.79 Å². The fourth-order valence-corrected chi connectivity index (χ4v) is 3.31. The lowest BCUT2D eigenvalue weighted by molar-refractivity contribution is -0.113. The van der Waals surface area contributed by atoms with E-state index in [1.54, 1.807) is 12.1 Å². The number of rotatable bonds is 7. The van der Waals surface area contributed by atoms with Crippen molar-refractivity contribution in [1.29, 1.82) is 0 Å². The van der Waals surface area contributed by atoms with E-state index in [4.69, 9.17) is 20.8 Å². The smallest absolute Gasteiger partial charge is 0.277 e. The van der Waals surface area contributed by atoms with Crippen molar-refractivity contribution in [2.45, 2.75) is 32.6 Å². The molecule has 0 spiro atoms. The highest BCUT2D eigenvalue weighted by atomic mass is 35.5. The van der Waals surface area contributed by atoms with E-state index in [1.807, 2.05) is 45.0 Å². The van der Waals surface area contributed by atoms with Crippen LogP contribution in [0.15, 0.2) is 46.0 Å². The van der Waals surface area contributed by atoms with Gasteiger partial charge in [-0.15, -0.1) is 10.2 Å². The van der Waals surface area contributed by atoms with Gasteiger partial charge in [0.15, 0.2) is 6.61 Å². The molecule has 28 heavy (non-hydrogen) atoms. The Labute approximate surface area is 172 Å². The number of hydrogen-bond acceptors (Lipinski definition) is 6. The Morgan fingerprint density at radius 2 is 1.89 bits per heavy atom. The molecule has 3 aromatic rings. The molecule has 1 amide bonds. The molecule has 0 saturated carbocycles. The zero-order valence-corrected chi connectivity index (χ0v) is 17.4. The van der Waals surface area contributed by atoms with Gasteiger partial charge < -0.3 is 14.5 Å². The van der Waals surface area contributed by atoms with Crippen molar-refractivity contribution in [1.82, 2.24) is 10.2 Å². The Morgan fingerprint density at radius 3 is 2.64 bits per heavy atom. The maximum absolute atomic E-state index is 12.2. The highest BCUT2D eigenvalue weighted by Crippen LogP contribution is 2.24. The minimum absolute atomic E-state index is 0.144. The molecule has 2 aromatic carbocycles. The molecule has 0 aliphatic heterocycles. The molecule has 8 heteroatoms. The van der Waals surface area contributed by atoms with Crippen LogP contribution in [0.25, 0.3) is 0 Å². The summed E-state index contributed by atoms with van der Waals surface area (Å²) in [5.41, 5.74) is 3.71. The summed E-state index contributed by atoms with van der Waals surface area (Å²) in [6.45, 7) is 6.04. The van der Waals surface area contributed by atoms with Gasteiger partial charge in [0.25, 0.3) is 11.1 Å². The Hall–Kier alpha value is -2.51. The van der Waals surface area contributed by atoms with E-state index in [0.717, 1.165) is 22.4 Å². The second kappa shape index (κ2) is 9.12. The fourth-order valence-electron chi connectivity index (χ4n) is 2.56. The van der Waals surface area contributed by atoms with E-state index in [2.05, 4.69) is 15.5 Å². The van der Waals surface area contributed by atoms with Gasteiger partial charge in [0.05, 0.1) is 5.75 Å². The molecule has 1 aromatic heterocycles. The van der Waals surface area contributed by atoms with Gasteiger partial charge in [-0.2, -0.15) is 0 Å². The van der Waals surface area contributed by atoms with Crippen molar-refractivity contribution in [3.8, 4) is 5.75 Å². The van der Waals surface area contributed by atoms with Crippen LogP contribution in [0.4, 0.5) is 5.69 Å². The maximum atomic E-state index is 12.2. The summed E-state index contributed by atoms with van der Waals surface area (Å²) in [4.78, 5) is 12.2. The first kappa shape index (κ1) is 20.2. The molecule has 0 fully saturated rings. The van der Waals surface area contributed by atoms with Crippen LogP contribution >= 0.6 is 23.4 Å². The molecule has 1 N–H and O–H groups in total. The normalized spacial score (nSPS) is 10.7. The molecule has 0 unspecified atom stereocenters. The summed E-state index contributed by atoms with van der Waals surface area (Å²) in [5.74, 6) is 1.13. The van der Waals surface area contributed by atoms with Crippen LogP contribution in [-0.4, -0.2) is 21.9 Å². The Kier molecular flexibility index (Phi) is 6.59. The zero-order chi connectivity index (χ0) is 20.1. The number of nitrogens with zero attached hydrogens (tertiary/aromatic N) is 2. The van der Waals surface area contributed by atoms with E-state index in [-0.39, 0.29) is 18.3 Å². The van der Waals surface area contributed by atoms with Crippen molar-refractivity contribution in [2.24, 2.45) is 0 Å². The van der Waals surface area contributed by atoms with Gasteiger partial charge in [-0.25, -0.2) is 0 Å². The van der Waals surface area contributed by atoms with Gasteiger partial charge in [0, 0.05) is 10.7 Å². The minimum atomic E-state index is -0.179. The molecule has 0 atom stereocenters. The first-order chi connectivity index (χ1) is 13.4. The number of aryl methyl sites for hydroxylation is 3. The largest absolute Gasteiger partial charge is 0.483 e. The van der Waals surface area contributed by atoms with Crippen molar-refractivity contribution in [2.75, 3.05) is 11.1 Å². The second-order valence-corrected chi connectivity index (χ2v) is 7.63. The van der Waals surface area contributed by atoms with Crippen LogP contribution in [0.2, 0.25) is 5.02 Å². The van der Waals surface area contributed by atoms with E-state index in [0.29, 0.717) is 21.8 Å². The SMILES string of the molecule is Cc1ccc(Cl)cc1NC(=O)CSc1nnc(COc2c(C)cccc2C)o1. The summed E-state index contributed by atoms with van der Waals surface area (Å²) in [6.07, 6.45) is 0. The van der Waals surface area contributed by atoms with Gasteiger partial charge >= 0.3 is 0 Å². The number of nitrogens with one attached hydrogen (secondary N) is 1. The molecule has 0 aliphatic rings. The summed E-state index contributed by atoms with van der Waals surface area (Å²) in [5, 5.41) is 11.6. The van der Waals surface area contributed by atoms with Crippen molar-refractivity contribution in [3.63, 3.8) is 0 Å². The third kappa shape index (κ3) is 5.27. The van der Waals surface area contributed by atoms with Crippen LogP contribution in [0.1, 0.15) is 22.6 Å². The summed E-state index contributed by atoms with van der Waals surface area (Å²) in [7, 11) is 0. The van der Waals surface area contributed by atoms with Gasteiger partial charge in [-0.1, -0.05) is 47.6 Å². The van der Waals surface area contributed by atoms with Gasteiger partial charge in [-0.3, -0.25) is 4.79 Å². The highest BCUT2D eigenvalue weighted by Gasteiger charge is 2.12. The summed E-state index contributed by atoms with van der Waals surface area (Å²) < 4.78 is 11.3. The molecule has 0 radical (unpaired) electrons. The van der Waals surface area contributed by atoms with Crippen LogP contribution in [-0.2, 0) is 11.4 Å². The number of thioether (sulfide) groups is 1. The maximum Gasteiger partial charge on any atom is 0.277 e. The Balaban J connectivity index is 1.52. The third-order valence-corrected chi connectivity index (χ3v) is 5.05. The molecule has 3 rings (SSSR count). The first-order valence-electron chi connectivity index (χ1n) is 8.62. The van der Waals surface area contributed by atoms with Crippen LogP contribution in [0.5, 0.6) is 5.75 Å². The molecule has 0 bridgehead atoms. The fraction of sp³-hybridized carbons (Fsp3) is 0.250. The summed E-state index contributed by atoms with van der Waals surface area (Å²) in [6, 6.07) is 11.3. The van der Waals surface area contributed by atoms with E-state index in [1.165, 1.54) is 11.8 Å². The number of amides is 1. The van der Waals surface area contributed by atoms with Gasteiger partial charge in [0.1, 0.15) is 5.75 Å². The zero-order valence-electron chi connectivity index (χ0n) is 15.8. The van der Waals surface area contributed by atoms with E-state index >= 15 is 0 Å². The molecule has 1 heterocycles. The number of ether oxygens (including phenoxy) is 1. The number of para-hydroxylation sites is 1. The summed E-state index contributed by atoms with van der Waals surface area (Å²) >= 11 is 7.13. The van der Waals surface area contributed by atoms with Crippen molar-refractivity contribution < 1.29 is 13.9 Å². The van der Waals surface area contributed by atoms with Crippen molar-refractivity contribution in [3.05, 3.63) is 64.0 Å². The highest BCUT2D eigenvalue weighted by molar-refractivity contribution is 7.99. The molecule has 6 nitrogen and oxygen atoms in total. The lowest BCUT2D eigenvalue weighted by Gasteiger charge is -2.09. The number of hydrogen-bond donors (Lipinski definition) is 1. The number of carbonyl (C=O) groups is 1. The molecule has 0 aliphatic carbocycles. The predicted molar refractivity (Wildman–Crippen MR) is 110 cm³/mol. The number of benzene rings is 2. The third-order valence-electron chi connectivity index (χ3n) is 4.00. The minimum Gasteiger partial charge on any atom is -0.483 e. The Bertz CT molecular complexity index is 970. The monoisotopic (exact) mass is 417 g/mol. The van der Waals surface area contributed by atoms with Crippen LogP contribution in [0, 0.1) is 20.8 Å². The number of aromatic nitrogens is 2. The van der Waals surface area contributed by atoms with Gasteiger partial charge in [-0.05, 0) is 49.6 Å². The lowest BCUT2D eigenvalue weighted by Crippen LogP contribution is -2.14. The first-order valence-corrected chi connectivity index (χ1v) is 9.99. The number of anilines is 1. The van der Waals surface area contributed by atoms with Crippen molar-refractivity contribution >= 4 is 35.0 Å². The quantitative estimate of drug-likeness (QED) is 0.547. The van der Waals surface area contributed by atoms with Crippen LogP contribution < -0.4 is 10.1 Å². The number of carbonyl (C=O) groups excluding carboxylic acids is 1.